The van der Waals surface area contributed by atoms with Gasteiger partial charge in [-0.2, -0.15) is 4.98 Å². The lowest BCUT2D eigenvalue weighted by molar-refractivity contribution is 0.417. The first-order valence-electron chi connectivity index (χ1n) is 6.05. The first kappa shape index (κ1) is 14.7. The largest absolute Gasteiger partial charge is 0.435 e. The van der Waals surface area contributed by atoms with E-state index in [1.807, 2.05) is 13.8 Å². The average Bonchev–Trinajstić information content (AvgIpc) is 2.37. The van der Waals surface area contributed by atoms with Gasteiger partial charge in [0.05, 0.1) is 0 Å². The van der Waals surface area contributed by atoms with Gasteiger partial charge in [0.1, 0.15) is 16.8 Å². The normalized spacial score (nSPS) is 10.9. The van der Waals surface area contributed by atoms with E-state index in [9.17, 15) is 8.78 Å². The van der Waals surface area contributed by atoms with Crippen LogP contribution in [-0.2, 0) is 0 Å². The summed E-state index contributed by atoms with van der Waals surface area (Å²) in [7, 11) is 0. The van der Waals surface area contributed by atoms with Crippen LogP contribution in [0.2, 0.25) is 5.15 Å². The molecular weight excluding hydrogens is 286 g/mol. The number of hydrogen-bond acceptors (Lipinski definition) is 3. The van der Waals surface area contributed by atoms with E-state index in [1.165, 1.54) is 6.07 Å². The molecule has 106 valence electrons. The minimum Gasteiger partial charge on any atom is -0.435 e. The zero-order valence-corrected chi connectivity index (χ0v) is 12.0. The van der Waals surface area contributed by atoms with Crippen LogP contribution >= 0.6 is 11.6 Å². The Hall–Kier alpha value is -1.75. The molecule has 6 heteroatoms. The molecule has 0 saturated heterocycles. The predicted molar refractivity (Wildman–Crippen MR) is 72.3 cm³/mol. The second kappa shape index (κ2) is 5.71. The summed E-state index contributed by atoms with van der Waals surface area (Å²) in [4.78, 5) is 8.34. The van der Waals surface area contributed by atoms with E-state index in [0.29, 0.717) is 11.4 Å². The number of halogens is 3. The molecule has 0 radical (unpaired) electrons. The number of nitrogens with zero attached hydrogens (tertiary/aromatic N) is 2. The number of aromatic nitrogens is 2. The van der Waals surface area contributed by atoms with Crippen molar-refractivity contribution in [3.63, 3.8) is 0 Å². The SMILES string of the molecule is Cc1c(Cl)nc(C(C)C)nc1Oc1ccc(F)cc1F. The molecule has 0 spiro atoms. The summed E-state index contributed by atoms with van der Waals surface area (Å²) in [6.45, 7) is 5.48. The molecular formula is C14H13ClF2N2O. The second-order valence-electron chi connectivity index (χ2n) is 4.63. The fourth-order valence-electron chi connectivity index (χ4n) is 1.51. The third kappa shape index (κ3) is 3.04. The maximum absolute atomic E-state index is 13.6. The summed E-state index contributed by atoms with van der Waals surface area (Å²) >= 11 is 6.01. The zero-order chi connectivity index (χ0) is 14.9. The summed E-state index contributed by atoms with van der Waals surface area (Å²) < 4.78 is 31.8. The molecule has 0 unspecified atom stereocenters. The van der Waals surface area contributed by atoms with Crippen LogP contribution in [0.4, 0.5) is 8.78 Å². The van der Waals surface area contributed by atoms with E-state index < -0.39 is 11.6 Å². The molecule has 2 aromatic rings. The summed E-state index contributed by atoms with van der Waals surface area (Å²) in [5, 5.41) is 0.251. The highest BCUT2D eigenvalue weighted by Gasteiger charge is 2.15. The average molecular weight is 299 g/mol. The molecule has 0 fully saturated rings. The fourth-order valence-corrected chi connectivity index (χ4v) is 1.67. The number of ether oxygens (including phenoxy) is 1. The van der Waals surface area contributed by atoms with Gasteiger partial charge in [0.25, 0.3) is 0 Å². The first-order chi connectivity index (χ1) is 9.38. The molecule has 2 rings (SSSR count). The fraction of sp³-hybridized carbons (Fsp3) is 0.286. The van der Waals surface area contributed by atoms with E-state index in [0.717, 1.165) is 12.1 Å². The summed E-state index contributed by atoms with van der Waals surface area (Å²) in [6, 6.07) is 3.06. The van der Waals surface area contributed by atoms with Crippen LogP contribution in [-0.4, -0.2) is 9.97 Å². The Kier molecular flexibility index (Phi) is 4.18. The Morgan fingerprint density at radius 2 is 1.90 bits per heavy atom. The van der Waals surface area contributed by atoms with Crippen molar-refractivity contribution >= 4 is 11.6 Å². The molecule has 1 heterocycles. The Labute approximate surface area is 120 Å². The van der Waals surface area contributed by atoms with Gasteiger partial charge in [-0.3, -0.25) is 0 Å². The van der Waals surface area contributed by atoms with Crippen LogP contribution in [0.25, 0.3) is 0 Å². The number of rotatable bonds is 3. The highest BCUT2D eigenvalue weighted by Crippen LogP contribution is 2.30. The van der Waals surface area contributed by atoms with Crippen LogP contribution in [0, 0.1) is 18.6 Å². The van der Waals surface area contributed by atoms with E-state index in [2.05, 4.69) is 9.97 Å². The van der Waals surface area contributed by atoms with Crippen molar-refractivity contribution in [2.24, 2.45) is 0 Å². The molecule has 1 aromatic heterocycles. The van der Waals surface area contributed by atoms with Gasteiger partial charge in [-0.25, -0.2) is 13.8 Å². The molecule has 0 aliphatic heterocycles. The van der Waals surface area contributed by atoms with Gasteiger partial charge in [0, 0.05) is 17.5 Å². The van der Waals surface area contributed by atoms with Gasteiger partial charge < -0.3 is 4.74 Å². The van der Waals surface area contributed by atoms with Gasteiger partial charge in [-0.05, 0) is 19.1 Å². The molecule has 0 atom stereocenters. The van der Waals surface area contributed by atoms with Gasteiger partial charge in [0.15, 0.2) is 11.6 Å². The van der Waals surface area contributed by atoms with Crippen LogP contribution in [0.3, 0.4) is 0 Å². The Morgan fingerprint density at radius 3 is 2.50 bits per heavy atom. The second-order valence-corrected chi connectivity index (χ2v) is 4.99. The van der Waals surface area contributed by atoms with Crippen LogP contribution in [0.1, 0.15) is 31.2 Å². The molecule has 3 nitrogen and oxygen atoms in total. The Morgan fingerprint density at radius 1 is 1.20 bits per heavy atom. The monoisotopic (exact) mass is 298 g/mol. The molecule has 0 N–H and O–H groups in total. The van der Waals surface area contributed by atoms with Crippen LogP contribution in [0.15, 0.2) is 18.2 Å². The lowest BCUT2D eigenvalue weighted by atomic mass is 10.2. The highest BCUT2D eigenvalue weighted by molar-refractivity contribution is 6.30. The van der Waals surface area contributed by atoms with Crippen LogP contribution in [0.5, 0.6) is 11.6 Å². The zero-order valence-electron chi connectivity index (χ0n) is 11.2. The number of hydrogen-bond donors (Lipinski definition) is 0. The topological polar surface area (TPSA) is 35.0 Å². The lowest BCUT2D eigenvalue weighted by Crippen LogP contribution is -2.03. The standard InChI is InChI=1S/C14H13ClF2N2O/c1-7(2)13-18-12(15)8(3)14(19-13)20-11-5-4-9(16)6-10(11)17/h4-7H,1-3H3. The first-order valence-corrected chi connectivity index (χ1v) is 6.43. The van der Waals surface area contributed by atoms with Crippen molar-refractivity contribution in [1.82, 2.24) is 9.97 Å². The van der Waals surface area contributed by atoms with Crippen molar-refractivity contribution < 1.29 is 13.5 Å². The summed E-state index contributed by atoms with van der Waals surface area (Å²) in [6.07, 6.45) is 0. The molecule has 0 amide bonds. The Bertz CT molecular complexity index is 647. The van der Waals surface area contributed by atoms with Gasteiger partial charge in [-0.1, -0.05) is 25.4 Å². The van der Waals surface area contributed by atoms with E-state index >= 15 is 0 Å². The smallest absolute Gasteiger partial charge is 0.227 e. The molecule has 0 aliphatic rings. The molecule has 0 saturated carbocycles. The molecule has 20 heavy (non-hydrogen) atoms. The minimum atomic E-state index is -0.801. The predicted octanol–water partition coefficient (Wildman–Crippen LogP) is 4.63. The van der Waals surface area contributed by atoms with E-state index in [1.54, 1.807) is 6.92 Å². The van der Waals surface area contributed by atoms with E-state index in [4.69, 9.17) is 16.3 Å². The van der Waals surface area contributed by atoms with E-state index in [-0.39, 0.29) is 22.7 Å². The maximum Gasteiger partial charge on any atom is 0.227 e. The van der Waals surface area contributed by atoms with Crippen molar-refractivity contribution in [1.29, 1.82) is 0 Å². The van der Waals surface area contributed by atoms with Gasteiger partial charge >= 0.3 is 0 Å². The lowest BCUT2D eigenvalue weighted by Gasteiger charge is -2.12. The number of benzene rings is 1. The summed E-state index contributed by atoms with van der Waals surface area (Å²) in [5.41, 5.74) is 0.500. The van der Waals surface area contributed by atoms with Gasteiger partial charge in [0.2, 0.25) is 5.88 Å². The molecule has 1 aromatic carbocycles. The molecule has 0 aliphatic carbocycles. The third-order valence-electron chi connectivity index (χ3n) is 2.68. The third-order valence-corrected chi connectivity index (χ3v) is 3.04. The van der Waals surface area contributed by atoms with Crippen LogP contribution < -0.4 is 4.74 Å². The van der Waals surface area contributed by atoms with Gasteiger partial charge in [-0.15, -0.1) is 0 Å². The van der Waals surface area contributed by atoms with Crippen molar-refractivity contribution in [3.05, 3.63) is 46.4 Å². The maximum atomic E-state index is 13.6. The highest BCUT2D eigenvalue weighted by atomic mass is 35.5. The molecule has 0 bridgehead atoms. The quantitative estimate of drug-likeness (QED) is 0.775. The summed E-state index contributed by atoms with van der Waals surface area (Å²) in [5.74, 6) is -0.870. The Balaban J connectivity index is 2.42. The van der Waals surface area contributed by atoms with Crippen molar-refractivity contribution in [2.45, 2.75) is 26.7 Å². The van der Waals surface area contributed by atoms with Crippen molar-refractivity contribution in [3.8, 4) is 11.6 Å². The minimum absolute atomic E-state index is 0.0496. The van der Waals surface area contributed by atoms with Crippen molar-refractivity contribution in [2.75, 3.05) is 0 Å².